The van der Waals surface area contributed by atoms with E-state index < -0.39 is 11.6 Å². The molecule has 2 N–H and O–H groups in total. The van der Waals surface area contributed by atoms with Crippen molar-refractivity contribution in [2.75, 3.05) is 0 Å². The van der Waals surface area contributed by atoms with Gasteiger partial charge in [-0.25, -0.2) is 0 Å². The van der Waals surface area contributed by atoms with Crippen molar-refractivity contribution in [3.8, 4) is 12.3 Å². The number of hydrogen-bond donors (Lipinski definition) is 2. The summed E-state index contributed by atoms with van der Waals surface area (Å²) in [6.45, 7) is 4.00. The van der Waals surface area contributed by atoms with Gasteiger partial charge in [-0.3, -0.25) is 9.59 Å². The van der Waals surface area contributed by atoms with Crippen LogP contribution in [0.5, 0.6) is 0 Å². The largest absolute Gasteiger partial charge is 0.347 e. The van der Waals surface area contributed by atoms with E-state index in [1.165, 1.54) is 0 Å². The summed E-state index contributed by atoms with van der Waals surface area (Å²) in [5, 5.41) is 5.34. The molecular formula is C12H18N2O2. The Bertz CT molecular complexity index is 313. The van der Waals surface area contributed by atoms with E-state index in [9.17, 15) is 9.59 Å². The lowest BCUT2D eigenvalue weighted by Gasteiger charge is -2.20. The fraction of sp³-hybridized carbons (Fsp3) is 0.667. The van der Waals surface area contributed by atoms with E-state index >= 15 is 0 Å². The molecule has 0 aromatic rings. The predicted molar refractivity (Wildman–Crippen MR) is 61.4 cm³/mol. The Morgan fingerprint density at radius 2 is 2.19 bits per heavy atom. The molecule has 16 heavy (non-hydrogen) atoms. The quantitative estimate of drug-likeness (QED) is 0.506. The van der Waals surface area contributed by atoms with Crippen molar-refractivity contribution in [3.05, 3.63) is 0 Å². The molecule has 0 spiro atoms. The summed E-state index contributed by atoms with van der Waals surface area (Å²) < 4.78 is 0. The molecule has 88 valence electrons. The first-order chi connectivity index (χ1) is 7.53. The maximum absolute atomic E-state index is 11.9. The summed E-state index contributed by atoms with van der Waals surface area (Å²) in [4.78, 5) is 22.3. The van der Waals surface area contributed by atoms with Crippen LogP contribution in [0, 0.1) is 18.3 Å². The van der Waals surface area contributed by atoms with Crippen molar-refractivity contribution in [2.24, 2.45) is 5.92 Å². The van der Waals surface area contributed by atoms with Gasteiger partial charge in [-0.2, -0.15) is 0 Å². The van der Waals surface area contributed by atoms with Gasteiger partial charge in [0.1, 0.15) is 11.6 Å². The monoisotopic (exact) mass is 222 g/mol. The van der Waals surface area contributed by atoms with Gasteiger partial charge in [-0.15, -0.1) is 6.42 Å². The molecule has 1 unspecified atom stereocenters. The maximum atomic E-state index is 11.9. The highest BCUT2D eigenvalue weighted by Crippen LogP contribution is 2.34. The maximum Gasteiger partial charge on any atom is 0.243 e. The molecule has 0 heterocycles. The Morgan fingerprint density at radius 1 is 1.56 bits per heavy atom. The second-order valence-corrected chi connectivity index (χ2v) is 4.68. The van der Waals surface area contributed by atoms with Crippen LogP contribution in [0.4, 0.5) is 0 Å². The molecule has 4 nitrogen and oxygen atoms in total. The van der Waals surface area contributed by atoms with Crippen LogP contribution < -0.4 is 10.6 Å². The molecule has 2 amide bonds. The average molecular weight is 222 g/mol. The zero-order valence-electron chi connectivity index (χ0n) is 9.75. The van der Waals surface area contributed by atoms with Crippen LogP contribution in [-0.2, 0) is 9.59 Å². The van der Waals surface area contributed by atoms with Gasteiger partial charge >= 0.3 is 0 Å². The zero-order chi connectivity index (χ0) is 12.2. The van der Waals surface area contributed by atoms with E-state index in [0.717, 1.165) is 12.8 Å². The van der Waals surface area contributed by atoms with Gasteiger partial charge in [-0.05, 0) is 25.2 Å². The number of carbonyl (C=O) groups is 2. The third-order valence-corrected chi connectivity index (χ3v) is 2.68. The zero-order valence-corrected chi connectivity index (χ0v) is 9.75. The van der Waals surface area contributed by atoms with Crippen LogP contribution in [-0.4, -0.2) is 23.9 Å². The van der Waals surface area contributed by atoms with E-state index in [1.54, 1.807) is 0 Å². The number of rotatable bonds is 6. The number of nitrogens with one attached hydrogen (secondary N) is 2. The summed E-state index contributed by atoms with van der Waals surface area (Å²) in [5.41, 5.74) is -0.448. The van der Waals surface area contributed by atoms with Gasteiger partial charge in [0, 0.05) is 0 Å². The summed E-state index contributed by atoms with van der Waals surface area (Å²) >= 11 is 0. The minimum atomic E-state index is -0.483. The molecule has 0 saturated heterocycles. The van der Waals surface area contributed by atoms with Crippen molar-refractivity contribution in [1.29, 1.82) is 0 Å². The lowest BCUT2D eigenvalue weighted by atomic mass is 10.0. The Balaban J connectivity index is 2.54. The summed E-state index contributed by atoms with van der Waals surface area (Å²) in [5.74, 6) is 2.74. The van der Waals surface area contributed by atoms with Crippen LogP contribution in [0.2, 0.25) is 0 Å². The molecule has 1 fully saturated rings. The summed E-state index contributed by atoms with van der Waals surface area (Å²) in [6, 6.07) is -0.483. The first kappa shape index (κ1) is 12.6. The van der Waals surface area contributed by atoms with E-state index in [-0.39, 0.29) is 5.91 Å². The van der Waals surface area contributed by atoms with Crippen LogP contribution in [0.3, 0.4) is 0 Å². The van der Waals surface area contributed by atoms with Gasteiger partial charge in [0.2, 0.25) is 12.3 Å². The third-order valence-electron chi connectivity index (χ3n) is 2.68. The third kappa shape index (κ3) is 3.27. The highest BCUT2D eigenvalue weighted by atomic mass is 16.2. The highest BCUT2D eigenvalue weighted by Gasteiger charge is 2.43. The minimum Gasteiger partial charge on any atom is -0.347 e. The molecule has 0 radical (unpaired) electrons. The first-order valence-electron chi connectivity index (χ1n) is 5.52. The Hall–Kier alpha value is -1.50. The Kier molecular flexibility index (Phi) is 3.94. The second-order valence-electron chi connectivity index (χ2n) is 4.68. The fourth-order valence-electron chi connectivity index (χ4n) is 1.56. The molecule has 1 atom stereocenters. The molecule has 1 rings (SSSR count). The second kappa shape index (κ2) is 5.02. The molecule has 0 aliphatic heterocycles. The fourth-order valence-corrected chi connectivity index (χ4v) is 1.56. The van der Waals surface area contributed by atoms with E-state index in [0.29, 0.717) is 18.7 Å². The topological polar surface area (TPSA) is 58.2 Å². The molecule has 1 aliphatic rings. The first-order valence-corrected chi connectivity index (χ1v) is 5.52. The van der Waals surface area contributed by atoms with Crippen LogP contribution >= 0.6 is 0 Å². The minimum absolute atomic E-state index is 0.184. The van der Waals surface area contributed by atoms with E-state index in [4.69, 9.17) is 6.42 Å². The predicted octanol–water partition coefficient (Wildman–Crippen LogP) is 0.429. The normalized spacial score (nSPS) is 18.4. The van der Waals surface area contributed by atoms with Crippen molar-refractivity contribution in [2.45, 2.75) is 44.7 Å². The van der Waals surface area contributed by atoms with Gasteiger partial charge < -0.3 is 10.6 Å². The Morgan fingerprint density at radius 3 is 2.56 bits per heavy atom. The average Bonchev–Trinajstić information content (AvgIpc) is 2.97. The molecule has 0 bridgehead atoms. The summed E-state index contributed by atoms with van der Waals surface area (Å²) in [7, 11) is 0. The standard InChI is InChI=1S/C12H18N2O2/c1-4-12(5-6-12)14-11(16)10(13-8-15)7-9(2)3/h1,8-10H,5-7H2,2-3H3,(H,13,15)(H,14,16). The molecule has 0 aromatic carbocycles. The van der Waals surface area contributed by atoms with Gasteiger partial charge in [-0.1, -0.05) is 19.8 Å². The number of amides is 2. The van der Waals surface area contributed by atoms with Crippen molar-refractivity contribution in [3.63, 3.8) is 0 Å². The summed E-state index contributed by atoms with van der Waals surface area (Å²) in [6.07, 6.45) is 8.16. The van der Waals surface area contributed by atoms with Crippen molar-refractivity contribution in [1.82, 2.24) is 10.6 Å². The molecule has 1 aliphatic carbocycles. The van der Waals surface area contributed by atoms with Crippen molar-refractivity contribution < 1.29 is 9.59 Å². The van der Waals surface area contributed by atoms with Crippen LogP contribution in [0.15, 0.2) is 0 Å². The smallest absolute Gasteiger partial charge is 0.243 e. The van der Waals surface area contributed by atoms with Gasteiger partial charge in [0.05, 0.1) is 0 Å². The molecule has 4 heteroatoms. The van der Waals surface area contributed by atoms with Gasteiger partial charge in [0.15, 0.2) is 0 Å². The lowest BCUT2D eigenvalue weighted by Crippen LogP contribution is -2.48. The molecular weight excluding hydrogens is 204 g/mol. The number of terminal acetylenes is 1. The van der Waals surface area contributed by atoms with E-state index in [1.807, 2.05) is 13.8 Å². The number of hydrogen-bond acceptors (Lipinski definition) is 2. The van der Waals surface area contributed by atoms with E-state index in [2.05, 4.69) is 16.6 Å². The van der Waals surface area contributed by atoms with Crippen LogP contribution in [0.1, 0.15) is 33.1 Å². The SMILES string of the molecule is C#CC1(NC(=O)C(CC(C)C)NC=O)CC1. The highest BCUT2D eigenvalue weighted by molar-refractivity contribution is 5.85. The van der Waals surface area contributed by atoms with Gasteiger partial charge in [0.25, 0.3) is 0 Å². The van der Waals surface area contributed by atoms with Crippen LogP contribution in [0.25, 0.3) is 0 Å². The Labute approximate surface area is 96.2 Å². The lowest BCUT2D eigenvalue weighted by molar-refractivity contribution is -0.126. The number of carbonyl (C=O) groups excluding carboxylic acids is 2. The molecule has 0 aromatic heterocycles. The van der Waals surface area contributed by atoms with Crippen molar-refractivity contribution >= 4 is 12.3 Å². The molecule has 1 saturated carbocycles.